The van der Waals surface area contributed by atoms with E-state index in [0.717, 1.165) is 46.1 Å². The van der Waals surface area contributed by atoms with Crippen molar-refractivity contribution in [1.29, 1.82) is 0 Å². The first-order valence-electron chi connectivity index (χ1n) is 11.0. The lowest BCUT2D eigenvalue weighted by atomic mass is 9.99. The van der Waals surface area contributed by atoms with Crippen LogP contribution in [0, 0.1) is 25.5 Å². The summed E-state index contributed by atoms with van der Waals surface area (Å²) in [7, 11) is 0. The molecule has 0 spiro atoms. The molecule has 2 heterocycles. The summed E-state index contributed by atoms with van der Waals surface area (Å²) in [4.78, 5) is 14.6. The predicted octanol–water partition coefficient (Wildman–Crippen LogP) is 4.66. The number of carbonyl (C=O) groups excluding carboxylic acids is 1. The van der Waals surface area contributed by atoms with Gasteiger partial charge in [-0.05, 0) is 53.6 Å². The molecule has 1 amide bonds. The first-order valence-corrected chi connectivity index (χ1v) is 11.0. The number of amides is 1. The molecule has 0 aliphatic carbocycles. The third-order valence-electron chi connectivity index (χ3n) is 5.86. The van der Waals surface area contributed by atoms with Crippen molar-refractivity contribution in [2.45, 2.75) is 19.9 Å². The second-order valence-corrected chi connectivity index (χ2v) is 8.46. The first-order chi connectivity index (χ1) is 16.9. The predicted molar refractivity (Wildman–Crippen MR) is 129 cm³/mol. The van der Waals surface area contributed by atoms with Gasteiger partial charge in [0.25, 0.3) is 5.95 Å². The highest BCUT2D eigenvalue weighted by molar-refractivity contribution is 5.97. The van der Waals surface area contributed by atoms with Crippen molar-refractivity contribution in [2.75, 3.05) is 16.8 Å². The van der Waals surface area contributed by atoms with Gasteiger partial charge in [0.2, 0.25) is 5.91 Å². The smallest absolute Gasteiger partial charge is 0.251 e. The molecule has 176 valence electrons. The van der Waals surface area contributed by atoms with Crippen molar-refractivity contribution in [2.24, 2.45) is 0 Å². The maximum absolute atomic E-state index is 14.1. The highest BCUT2D eigenvalue weighted by Crippen LogP contribution is 2.36. The molecule has 5 rings (SSSR count). The van der Waals surface area contributed by atoms with Crippen LogP contribution in [0.4, 0.5) is 20.4 Å². The lowest BCUT2D eigenvalue weighted by Crippen LogP contribution is -2.37. The number of carbonyl (C=O) groups is 1. The summed E-state index contributed by atoms with van der Waals surface area (Å²) in [5.74, 6) is -1.55. The molecule has 0 fully saturated rings. The Kier molecular flexibility index (Phi) is 5.82. The Hall–Kier alpha value is -4.40. The van der Waals surface area contributed by atoms with Crippen molar-refractivity contribution >= 4 is 23.2 Å². The molecule has 3 aromatic carbocycles. The zero-order valence-electron chi connectivity index (χ0n) is 19.1. The fourth-order valence-corrected chi connectivity index (χ4v) is 4.02. The van der Waals surface area contributed by atoms with Gasteiger partial charge in [0.1, 0.15) is 24.2 Å². The fourth-order valence-electron chi connectivity index (χ4n) is 4.02. The van der Waals surface area contributed by atoms with Crippen molar-refractivity contribution < 1.29 is 13.6 Å². The number of aromatic nitrogens is 4. The zero-order valence-corrected chi connectivity index (χ0v) is 19.1. The Labute approximate surface area is 200 Å². The minimum Gasteiger partial charge on any atom is -0.322 e. The molecule has 1 aliphatic heterocycles. The van der Waals surface area contributed by atoms with Crippen LogP contribution in [0.1, 0.15) is 28.3 Å². The van der Waals surface area contributed by atoms with E-state index in [4.69, 9.17) is 0 Å². The second-order valence-electron chi connectivity index (χ2n) is 8.46. The molecule has 0 radical (unpaired) electrons. The highest BCUT2D eigenvalue weighted by atomic mass is 19.1. The molecule has 0 saturated carbocycles. The van der Waals surface area contributed by atoms with Gasteiger partial charge >= 0.3 is 0 Å². The summed E-state index contributed by atoms with van der Waals surface area (Å²) in [6.45, 7) is 3.80. The molecule has 7 nitrogen and oxygen atoms in total. The van der Waals surface area contributed by atoms with E-state index in [1.165, 1.54) is 0 Å². The number of benzene rings is 3. The number of nitrogens with zero attached hydrogens (tertiary/aromatic N) is 5. The molecule has 0 bridgehead atoms. The molecule has 35 heavy (non-hydrogen) atoms. The topological polar surface area (TPSA) is 75.9 Å². The number of rotatable bonds is 5. The molecular weight excluding hydrogens is 450 g/mol. The number of aryl methyl sites for hydroxylation is 2. The molecule has 4 aromatic rings. The minimum atomic E-state index is -0.725. The SMILES string of the molecule is Cc1ccc(C2=CC(c3ccc(C)cc3)n3nnnc3N2CC(=O)Nc2cc(F)ccc2F)cc1. The van der Waals surface area contributed by atoms with Crippen LogP contribution in [0.25, 0.3) is 5.70 Å². The van der Waals surface area contributed by atoms with Crippen LogP contribution >= 0.6 is 0 Å². The number of anilines is 2. The van der Waals surface area contributed by atoms with Gasteiger partial charge in [-0.15, -0.1) is 0 Å². The third-order valence-corrected chi connectivity index (χ3v) is 5.86. The van der Waals surface area contributed by atoms with Crippen LogP contribution in [0.5, 0.6) is 0 Å². The van der Waals surface area contributed by atoms with Crippen molar-refractivity contribution in [3.8, 4) is 0 Å². The van der Waals surface area contributed by atoms with E-state index in [0.29, 0.717) is 5.95 Å². The van der Waals surface area contributed by atoms with E-state index in [1.54, 1.807) is 9.58 Å². The molecule has 1 N–H and O–H groups in total. The van der Waals surface area contributed by atoms with Crippen molar-refractivity contribution in [1.82, 2.24) is 20.2 Å². The van der Waals surface area contributed by atoms with Crippen LogP contribution in [-0.2, 0) is 4.79 Å². The summed E-state index contributed by atoms with van der Waals surface area (Å²) in [6, 6.07) is 18.6. The van der Waals surface area contributed by atoms with Gasteiger partial charge in [-0.2, -0.15) is 4.68 Å². The Morgan fingerprint density at radius 2 is 1.66 bits per heavy atom. The summed E-state index contributed by atoms with van der Waals surface area (Å²) < 4.78 is 29.3. The second kappa shape index (κ2) is 9.09. The summed E-state index contributed by atoms with van der Waals surface area (Å²) in [5.41, 5.74) is 4.58. The standard InChI is InChI=1S/C26H22F2N6O/c1-16-3-7-18(8-4-16)23-14-24(19-9-5-17(2)6-10-19)34-26(30-31-32-34)33(23)15-25(35)29-22-13-20(27)11-12-21(22)28/h3-14,24H,15H2,1-2H3,(H,29,35). The normalized spacial score (nSPS) is 14.9. The lowest BCUT2D eigenvalue weighted by molar-refractivity contribution is -0.114. The molecule has 9 heteroatoms. The zero-order chi connectivity index (χ0) is 24.5. The minimum absolute atomic E-state index is 0.212. The number of nitrogens with one attached hydrogen (secondary N) is 1. The Balaban J connectivity index is 1.54. The van der Waals surface area contributed by atoms with E-state index in [-0.39, 0.29) is 18.3 Å². The number of fused-ring (bicyclic) bond motifs is 1. The lowest BCUT2D eigenvalue weighted by Gasteiger charge is -2.32. The molecule has 1 aliphatic rings. The van der Waals surface area contributed by atoms with Gasteiger partial charge in [0, 0.05) is 6.07 Å². The van der Waals surface area contributed by atoms with E-state index in [2.05, 4.69) is 20.8 Å². The number of tetrazole rings is 1. The number of hydrogen-bond acceptors (Lipinski definition) is 5. The molecule has 1 unspecified atom stereocenters. The van der Waals surface area contributed by atoms with Gasteiger partial charge in [-0.1, -0.05) is 64.8 Å². The van der Waals surface area contributed by atoms with Crippen molar-refractivity contribution in [3.63, 3.8) is 0 Å². The Bertz CT molecular complexity index is 1410. The van der Waals surface area contributed by atoms with Gasteiger partial charge in [0.15, 0.2) is 0 Å². The largest absolute Gasteiger partial charge is 0.322 e. The van der Waals surface area contributed by atoms with Crippen LogP contribution < -0.4 is 10.2 Å². The van der Waals surface area contributed by atoms with Gasteiger partial charge < -0.3 is 5.32 Å². The third kappa shape index (κ3) is 4.52. The van der Waals surface area contributed by atoms with Gasteiger partial charge in [-0.25, -0.2) is 8.78 Å². The van der Waals surface area contributed by atoms with E-state index < -0.39 is 17.5 Å². The molecular formula is C26H22F2N6O. The maximum Gasteiger partial charge on any atom is 0.251 e. The molecule has 1 atom stereocenters. The van der Waals surface area contributed by atoms with Gasteiger partial charge in [-0.3, -0.25) is 9.69 Å². The van der Waals surface area contributed by atoms with Crippen LogP contribution in [0.3, 0.4) is 0 Å². The molecule has 0 saturated heterocycles. The molecule has 1 aromatic heterocycles. The summed E-state index contributed by atoms with van der Waals surface area (Å²) in [5, 5.41) is 14.7. The summed E-state index contributed by atoms with van der Waals surface area (Å²) >= 11 is 0. The Morgan fingerprint density at radius 1 is 0.971 bits per heavy atom. The maximum atomic E-state index is 14.1. The Morgan fingerprint density at radius 3 is 2.37 bits per heavy atom. The van der Waals surface area contributed by atoms with Crippen molar-refractivity contribution in [3.05, 3.63) is 107 Å². The number of hydrogen-bond donors (Lipinski definition) is 1. The van der Waals surface area contributed by atoms with Crippen LogP contribution in [-0.4, -0.2) is 32.7 Å². The van der Waals surface area contributed by atoms with E-state index in [9.17, 15) is 13.6 Å². The number of allylic oxidation sites excluding steroid dienone is 1. The average molecular weight is 472 g/mol. The quantitative estimate of drug-likeness (QED) is 0.457. The monoisotopic (exact) mass is 472 g/mol. The van der Waals surface area contributed by atoms with Crippen LogP contribution in [0.2, 0.25) is 0 Å². The highest BCUT2D eigenvalue weighted by Gasteiger charge is 2.32. The van der Waals surface area contributed by atoms with Crippen LogP contribution in [0.15, 0.2) is 72.8 Å². The van der Waals surface area contributed by atoms with E-state index in [1.807, 2.05) is 68.5 Å². The number of halogens is 2. The fraction of sp³-hybridized carbons (Fsp3) is 0.154. The average Bonchev–Trinajstić information content (AvgIpc) is 3.33. The summed E-state index contributed by atoms with van der Waals surface area (Å²) in [6.07, 6.45) is 1.99. The van der Waals surface area contributed by atoms with Gasteiger partial charge in [0.05, 0.1) is 11.4 Å². The first kappa shape index (κ1) is 22.4. The van der Waals surface area contributed by atoms with E-state index >= 15 is 0 Å².